The third-order valence-electron chi connectivity index (χ3n) is 5.69. The summed E-state index contributed by atoms with van der Waals surface area (Å²) in [6, 6.07) is -0.888. The third kappa shape index (κ3) is 9.43. The minimum absolute atomic E-state index is 0.0146. The van der Waals surface area contributed by atoms with E-state index in [0.29, 0.717) is 5.75 Å². The molecule has 0 spiro atoms. The lowest BCUT2D eigenvalue weighted by Crippen LogP contribution is -2.39. The fourth-order valence-electron chi connectivity index (χ4n) is 3.49. The van der Waals surface area contributed by atoms with E-state index in [2.05, 4.69) is 26.8 Å². The summed E-state index contributed by atoms with van der Waals surface area (Å²) in [6.45, 7) is 10.3. The number of nitrogens with two attached hydrogens (primary N) is 1. The predicted molar refractivity (Wildman–Crippen MR) is 169 cm³/mol. The molecule has 1 saturated heterocycles. The lowest BCUT2D eigenvalue weighted by molar-refractivity contribution is -0.149. The Morgan fingerprint density at radius 1 is 1.38 bits per heavy atom. The number of aromatic nitrogens is 2. The van der Waals surface area contributed by atoms with E-state index in [1.807, 2.05) is 20.8 Å². The van der Waals surface area contributed by atoms with Crippen molar-refractivity contribution in [2.24, 2.45) is 21.1 Å². The summed E-state index contributed by atoms with van der Waals surface area (Å²) in [6.07, 6.45) is -2.74. The number of thioether (sulfide) groups is 1. The van der Waals surface area contributed by atoms with E-state index < -0.39 is 46.8 Å². The normalized spacial score (nSPS) is 23.0. The Labute approximate surface area is 265 Å². The van der Waals surface area contributed by atoms with Gasteiger partial charge in [-0.3, -0.25) is 19.1 Å². The Morgan fingerprint density at radius 3 is 2.57 bits per heavy atom. The maximum absolute atomic E-state index is 12.5. The van der Waals surface area contributed by atoms with Crippen LogP contribution < -0.4 is 10.8 Å². The number of nitrogens with one attached hydrogen (secondary N) is 1. The van der Waals surface area contributed by atoms with Crippen molar-refractivity contribution in [3.63, 3.8) is 0 Å². The van der Waals surface area contributed by atoms with Crippen LogP contribution in [0.3, 0.4) is 0 Å². The molecule has 0 aromatic carbocycles. The minimum Gasteiger partial charge on any atom is -0.462 e. The van der Waals surface area contributed by atoms with Crippen LogP contribution in [0.5, 0.6) is 0 Å². The highest BCUT2D eigenvalue weighted by molar-refractivity contribution is 8.13. The molecule has 1 fully saturated rings. The molecule has 0 radical (unpaired) electrons. The SMILES string of the molecule is C=Nc1c(/C(N)=N\C)ncn1[C@@H]1O[C@H](COP(=S)(N[C@@H](C)C(=O)OC(C)C)OCCSC(=O)C(C)(C)C)[C@@H](O)C1(Cl)Cl. The molecule has 13 nitrogen and oxygen atoms in total. The molecular formula is C24H39Cl2N6O7PS2. The number of ether oxygens (including phenoxy) is 2. The number of carbonyl (C=O) groups is 2. The molecule has 2 rings (SSSR count). The second kappa shape index (κ2) is 15.2. The summed E-state index contributed by atoms with van der Waals surface area (Å²) in [5, 5.41) is 13.9. The summed E-state index contributed by atoms with van der Waals surface area (Å²) in [7, 11) is 1.49. The van der Waals surface area contributed by atoms with Crippen LogP contribution in [0.4, 0.5) is 5.82 Å². The standard InChI is InChI=1S/C24H39Cl2N6O7PS2/c1-13(2)38-20(34)14(3)31-40(41,36-9-10-42-22(35)23(4,5)6)37-11-15-17(33)24(25,26)21(39-15)32-12-30-16(18(27)28-7)19(32)29-8/h12-15,17,21,33H,8-11H2,1-7H3,(H2,27,28)(H,31,41)/t14-,15+,17+,21+,40?/m0/s1. The van der Waals surface area contributed by atoms with E-state index in [4.69, 9.17) is 59.3 Å². The molecule has 2 heterocycles. The molecular weight excluding hydrogens is 650 g/mol. The van der Waals surface area contributed by atoms with Gasteiger partial charge < -0.3 is 29.4 Å². The second-order valence-electron chi connectivity index (χ2n) is 10.6. The number of carbonyl (C=O) groups excluding carboxylic acids is 2. The van der Waals surface area contributed by atoms with E-state index in [0.717, 1.165) is 11.8 Å². The molecule has 1 unspecified atom stereocenters. The van der Waals surface area contributed by atoms with Crippen molar-refractivity contribution < 1.29 is 33.2 Å². The van der Waals surface area contributed by atoms with Crippen LogP contribution in [0.15, 0.2) is 16.3 Å². The lowest BCUT2D eigenvalue weighted by atomic mass is 10.00. The van der Waals surface area contributed by atoms with Crippen LogP contribution in [-0.2, 0) is 39.9 Å². The van der Waals surface area contributed by atoms with Gasteiger partial charge in [-0.1, -0.05) is 55.7 Å². The van der Waals surface area contributed by atoms with Gasteiger partial charge in [0.25, 0.3) is 6.64 Å². The van der Waals surface area contributed by atoms with Crippen molar-refractivity contribution >= 4 is 82.9 Å². The number of alkyl halides is 2. The van der Waals surface area contributed by atoms with E-state index in [-0.39, 0.29) is 41.8 Å². The molecule has 1 aliphatic rings. The maximum atomic E-state index is 12.5. The summed E-state index contributed by atoms with van der Waals surface area (Å²) in [5.74, 6) is 0.0150. The largest absolute Gasteiger partial charge is 0.462 e. The monoisotopic (exact) mass is 688 g/mol. The summed E-state index contributed by atoms with van der Waals surface area (Å²) in [5.41, 5.74) is 5.61. The van der Waals surface area contributed by atoms with Gasteiger partial charge in [0.1, 0.15) is 29.8 Å². The van der Waals surface area contributed by atoms with Crippen molar-refractivity contribution in [3.05, 3.63) is 12.0 Å². The van der Waals surface area contributed by atoms with Gasteiger partial charge in [0.15, 0.2) is 21.5 Å². The Kier molecular flexibility index (Phi) is 13.4. The Bertz CT molecular complexity index is 1210. The number of aliphatic hydroxyl groups is 1. The van der Waals surface area contributed by atoms with Crippen molar-refractivity contribution in [2.45, 2.75) is 76.5 Å². The van der Waals surface area contributed by atoms with Crippen LogP contribution in [0.2, 0.25) is 0 Å². The topological polar surface area (TPSA) is 172 Å². The fraction of sp³-hybridized carbons (Fsp3) is 0.708. The molecule has 0 amide bonds. The average Bonchev–Trinajstić information content (AvgIpc) is 3.41. The zero-order chi connectivity index (χ0) is 32.0. The molecule has 5 atom stereocenters. The van der Waals surface area contributed by atoms with Crippen LogP contribution in [-0.4, -0.2) is 93.0 Å². The molecule has 0 bridgehead atoms. The highest BCUT2D eigenvalue weighted by atomic mass is 35.5. The smallest absolute Gasteiger partial charge is 0.323 e. The van der Waals surface area contributed by atoms with Crippen molar-refractivity contribution in [2.75, 3.05) is 26.0 Å². The lowest BCUT2D eigenvalue weighted by Gasteiger charge is -2.28. The summed E-state index contributed by atoms with van der Waals surface area (Å²) < 4.78 is 22.6. The van der Waals surface area contributed by atoms with Gasteiger partial charge in [-0.05, 0) is 39.3 Å². The minimum atomic E-state index is -3.41. The highest BCUT2D eigenvalue weighted by Gasteiger charge is 2.56. The predicted octanol–water partition coefficient (Wildman–Crippen LogP) is 3.48. The van der Waals surface area contributed by atoms with Crippen molar-refractivity contribution in [1.29, 1.82) is 0 Å². The first-order valence-electron chi connectivity index (χ1n) is 12.9. The van der Waals surface area contributed by atoms with Crippen molar-refractivity contribution in [1.82, 2.24) is 14.6 Å². The molecule has 1 aromatic heterocycles. The number of hydrogen-bond acceptors (Lipinski definition) is 12. The molecule has 0 saturated carbocycles. The number of halogens is 2. The molecule has 42 heavy (non-hydrogen) atoms. The van der Waals surface area contributed by atoms with Crippen LogP contribution in [0.25, 0.3) is 0 Å². The fourth-order valence-corrected chi connectivity index (χ4v) is 7.35. The van der Waals surface area contributed by atoms with Crippen LogP contribution >= 0.6 is 41.6 Å². The van der Waals surface area contributed by atoms with Gasteiger partial charge in [0.2, 0.25) is 0 Å². The third-order valence-corrected chi connectivity index (χ3v) is 10.4. The first kappa shape index (κ1) is 37.1. The number of aliphatic imine (C=N–C) groups is 2. The first-order chi connectivity index (χ1) is 19.4. The number of amidine groups is 1. The maximum Gasteiger partial charge on any atom is 0.323 e. The first-order valence-corrected chi connectivity index (χ1v) is 17.3. The van der Waals surface area contributed by atoms with Crippen molar-refractivity contribution in [3.8, 4) is 0 Å². The quantitative estimate of drug-likeness (QED) is 0.0650. The number of rotatable bonds is 14. The number of imidazole rings is 1. The van der Waals surface area contributed by atoms with E-state index in [1.165, 1.54) is 17.9 Å². The van der Waals surface area contributed by atoms with E-state index in [1.54, 1.807) is 20.8 Å². The van der Waals surface area contributed by atoms with Gasteiger partial charge in [0, 0.05) is 18.2 Å². The Balaban J connectivity index is 2.22. The number of nitrogens with zero attached hydrogens (tertiary/aromatic N) is 4. The molecule has 18 heteroatoms. The summed E-state index contributed by atoms with van der Waals surface area (Å²) in [4.78, 5) is 36.8. The molecule has 0 aliphatic carbocycles. The number of esters is 1. The van der Waals surface area contributed by atoms with Gasteiger partial charge in [-0.25, -0.2) is 15.1 Å². The Morgan fingerprint density at radius 2 is 2.02 bits per heavy atom. The molecule has 4 N–H and O–H groups in total. The molecule has 238 valence electrons. The van der Waals surface area contributed by atoms with E-state index >= 15 is 0 Å². The summed E-state index contributed by atoms with van der Waals surface area (Å²) >= 11 is 19.9. The van der Waals surface area contributed by atoms with Crippen LogP contribution in [0, 0.1) is 5.41 Å². The zero-order valence-electron chi connectivity index (χ0n) is 24.6. The van der Waals surface area contributed by atoms with Gasteiger partial charge in [-0.15, -0.1) is 0 Å². The zero-order valence-corrected chi connectivity index (χ0v) is 28.6. The number of hydrogen-bond donors (Lipinski definition) is 3. The van der Waals surface area contributed by atoms with Gasteiger partial charge in [-0.2, -0.15) is 0 Å². The highest BCUT2D eigenvalue weighted by Crippen LogP contribution is 2.51. The second-order valence-corrected chi connectivity index (χ2v) is 16.3. The molecule has 1 aromatic rings. The van der Waals surface area contributed by atoms with Gasteiger partial charge in [0.05, 0.1) is 25.6 Å². The molecule has 1 aliphatic heterocycles. The van der Waals surface area contributed by atoms with Gasteiger partial charge >= 0.3 is 5.97 Å². The van der Waals surface area contributed by atoms with Crippen LogP contribution in [0.1, 0.15) is 53.5 Å². The average molecular weight is 690 g/mol. The Hall–Kier alpha value is -1.13. The number of aliphatic hydroxyl groups excluding tert-OH is 1. The van der Waals surface area contributed by atoms with E-state index in [9.17, 15) is 14.7 Å².